The Morgan fingerprint density at radius 3 is 1.68 bits per heavy atom. The molecule has 0 unspecified atom stereocenters. The maximum atomic E-state index is 11.3. The van der Waals surface area contributed by atoms with Crippen LogP contribution in [-0.4, -0.2) is 42.6 Å². The highest BCUT2D eigenvalue weighted by molar-refractivity contribution is 5.83. The van der Waals surface area contributed by atoms with Crippen LogP contribution in [0.1, 0.15) is 13.8 Å². The molecule has 5 nitrogen and oxygen atoms in total. The smallest absolute Gasteiger partial charge is 0.323 e. The van der Waals surface area contributed by atoms with E-state index < -0.39 is 6.03 Å². The summed E-state index contributed by atoms with van der Waals surface area (Å²) >= 11 is 0. The fourth-order valence-electron chi connectivity index (χ4n) is 1.93. The van der Waals surface area contributed by atoms with E-state index in [9.17, 15) is 9.59 Å². The summed E-state index contributed by atoms with van der Waals surface area (Å²) in [6.07, 6.45) is 0.348. The van der Waals surface area contributed by atoms with Crippen LogP contribution >= 0.6 is 0 Å². The Balaban J connectivity index is 0.000000222. The number of carbonyl (C=O) groups excluding carboxylic acids is 2. The molecule has 2 aromatic carbocycles. The van der Waals surface area contributed by atoms with Crippen molar-refractivity contribution in [3.05, 3.63) is 48.5 Å². The zero-order valence-electron chi connectivity index (χ0n) is 13.2. The molecule has 0 bridgehead atoms. The highest BCUT2D eigenvalue weighted by Gasteiger charge is 2.17. The second kappa shape index (κ2) is 9.52. The molecule has 0 N–H and O–H groups in total. The van der Waals surface area contributed by atoms with E-state index in [0.29, 0.717) is 24.6 Å². The van der Waals surface area contributed by atoms with Gasteiger partial charge in [-0.1, -0.05) is 48.5 Å². The number of hydroxylamine groups is 2. The molecule has 0 heterocycles. The molecule has 0 aromatic heterocycles. The third-order valence-electron chi connectivity index (χ3n) is 3.17. The summed E-state index contributed by atoms with van der Waals surface area (Å²) in [6.45, 7) is 4.78. The molecule has 0 atom stereocenters. The molecule has 0 aliphatic carbocycles. The molecule has 0 radical (unpaired) electrons. The Kier molecular flexibility index (Phi) is 7.64. The van der Waals surface area contributed by atoms with Crippen LogP contribution in [0.2, 0.25) is 0 Å². The van der Waals surface area contributed by atoms with Gasteiger partial charge in [0.15, 0.2) is 0 Å². The summed E-state index contributed by atoms with van der Waals surface area (Å²) in [5.74, 6) is 0. The number of urea groups is 1. The van der Waals surface area contributed by atoms with E-state index in [1.165, 1.54) is 22.8 Å². The van der Waals surface area contributed by atoms with Crippen LogP contribution in [0.15, 0.2) is 48.5 Å². The van der Waals surface area contributed by atoms with E-state index in [1.54, 1.807) is 0 Å². The highest BCUT2D eigenvalue weighted by Crippen LogP contribution is 2.11. The van der Waals surface area contributed by atoms with Gasteiger partial charge in [0, 0.05) is 13.1 Å². The number of imide groups is 1. The van der Waals surface area contributed by atoms with Crippen molar-refractivity contribution in [2.24, 2.45) is 0 Å². The molecule has 22 heavy (non-hydrogen) atoms. The molecule has 5 heteroatoms. The van der Waals surface area contributed by atoms with Crippen LogP contribution in [-0.2, 0) is 9.63 Å². The number of hydrogen-bond acceptors (Lipinski definition) is 3. The fraction of sp³-hybridized carbons (Fsp3) is 0.294. The predicted octanol–water partition coefficient (Wildman–Crippen LogP) is 3.31. The monoisotopic (exact) mass is 302 g/mol. The number of nitrogens with zero attached hydrogens (tertiary/aromatic N) is 2. The Morgan fingerprint density at radius 1 is 1.00 bits per heavy atom. The average molecular weight is 302 g/mol. The van der Waals surface area contributed by atoms with Crippen molar-refractivity contribution in [1.29, 1.82) is 0 Å². The molecule has 3 amide bonds. The number of rotatable bonds is 4. The van der Waals surface area contributed by atoms with Gasteiger partial charge in [0.1, 0.15) is 0 Å². The maximum absolute atomic E-state index is 11.3. The average Bonchev–Trinajstić information content (AvgIpc) is 2.58. The zero-order chi connectivity index (χ0) is 16.4. The van der Waals surface area contributed by atoms with Gasteiger partial charge in [0.05, 0.1) is 7.11 Å². The number of hydrogen-bond donors (Lipinski definition) is 0. The molecule has 2 rings (SSSR count). The van der Waals surface area contributed by atoms with Gasteiger partial charge in [0.25, 0.3) is 0 Å². The lowest BCUT2D eigenvalue weighted by atomic mass is 10.1. The van der Waals surface area contributed by atoms with Crippen LogP contribution in [0.25, 0.3) is 10.8 Å². The van der Waals surface area contributed by atoms with Crippen molar-refractivity contribution in [3.63, 3.8) is 0 Å². The van der Waals surface area contributed by atoms with Gasteiger partial charge in [0.2, 0.25) is 6.41 Å². The van der Waals surface area contributed by atoms with Crippen molar-refractivity contribution in [2.45, 2.75) is 13.8 Å². The topological polar surface area (TPSA) is 49.9 Å². The molecular weight excluding hydrogens is 280 g/mol. The van der Waals surface area contributed by atoms with Crippen LogP contribution in [0.5, 0.6) is 0 Å². The quantitative estimate of drug-likeness (QED) is 0.643. The molecule has 118 valence electrons. The second-order valence-electron chi connectivity index (χ2n) is 4.42. The second-order valence-corrected chi connectivity index (χ2v) is 4.42. The van der Waals surface area contributed by atoms with Crippen LogP contribution in [0, 0.1) is 0 Å². The van der Waals surface area contributed by atoms with E-state index in [0.717, 1.165) is 0 Å². The summed E-state index contributed by atoms with van der Waals surface area (Å²) in [4.78, 5) is 27.5. The summed E-state index contributed by atoms with van der Waals surface area (Å²) in [5, 5.41) is 3.28. The molecule has 0 saturated heterocycles. The molecule has 0 aliphatic rings. The molecule has 0 aliphatic heterocycles. The SMILES string of the molecule is CCN(CC)C(=O)N(C=O)OC.c1ccc2ccccc2c1. The lowest BCUT2D eigenvalue weighted by Crippen LogP contribution is -2.41. The van der Waals surface area contributed by atoms with Gasteiger partial charge in [-0.2, -0.15) is 0 Å². The summed E-state index contributed by atoms with van der Waals surface area (Å²) < 4.78 is 0. The van der Waals surface area contributed by atoms with Crippen molar-refractivity contribution in [2.75, 3.05) is 20.2 Å². The van der Waals surface area contributed by atoms with E-state index in [4.69, 9.17) is 0 Å². The third-order valence-corrected chi connectivity index (χ3v) is 3.17. The maximum Gasteiger partial charge on any atom is 0.351 e. The minimum Gasteiger partial charge on any atom is -0.323 e. The van der Waals surface area contributed by atoms with Crippen LogP contribution in [0.4, 0.5) is 4.79 Å². The first-order valence-electron chi connectivity index (χ1n) is 7.19. The minimum atomic E-state index is -0.433. The van der Waals surface area contributed by atoms with E-state index in [1.807, 2.05) is 13.8 Å². The van der Waals surface area contributed by atoms with E-state index >= 15 is 0 Å². The Morgan fingerprint density at radius 2 is 1.41 bits per heavy atom. The minimum absolute atomic E-state index is 0.348. The lowest BCUT2D eigenvalue weighted by Gasteiger charge is -2.22. The van der Waals surface area contributed by atoms with Crippen molar-refractivity contribution in [1.82, 2.24) is 9.96 Å². The zero-order valence-corrected chi connectivity index (χ0v) is 13.2. The van der Waals surface area contributed by atoms with Crippen LogP contribution in [0.3, 0.4) is 0 Å². The van der Waals surface area contributed by atoms with Crippen LogP contribution < -0.4 is 0 Å². The standard InChI is InChI=1S/C10H8.C7H14N2O3/c1-2-6-10-8-4-3-7-9(10)5-1;1-4-8(5-2)7(11)9(6-10)12-3/h1-8H;6H,4-5H2,1-3H3. The highest BCUT2D eigenvalue weighted by atomic mass is 16.7. The fourth-order valence-corrected chi connectivity index (χ4v) is 1.93. The molecule has 2 aromatic rings. The van der Waals surface area contributed by atoms with Gasteiger partial charge in [-0.15, -0.1) is 5.06 Å². The Hall–Kier alpha value is -2.40. The first kappa shape index (κ1) is 17.7. The molecule has 0 fully saturated rings. The lowest BCUT2D eigenvalue weighted by molar-refractivity contribution is -0.147. The molecule has 0 spiro atoms. The van der Waals surface area contributed by atoms with Crippen molar-refractivity contribution >= 4 is 23.2 Å². The Bertz CT molecular complexity index is 532. The number of carbonyl (C=O) groups is 2. The normalized spacial score (nSPS) is 9.59. The van der Waals surface area contributed by atoms with E-state index in [-0.39, 0.29) is 0 Å². The number of benzene rings is 2. The predicted molar refractivity (Wildman–Crippen MR) is 87.2 cm³/mol. The van der Waals surface area contributed by atoms with E-state index in [2.05, 4.69) is 53.4 Å². The van der Waals surface area contributed by atoms with Crippen molar-refractivity contribution < 1.29 is 14.4 Å². The first-order chi connectivity index (χ1) is 10.7. The largest absolute Gasteiger partial charge is 0.351 e. The van der Waals surface area contributed by atoms with Gasteiger partial charge in [-0.05, 0) is 24.6 Å². The summed E-state index contributed by atoms with van der Waals surface area (Å²) in [6, 6.07) is 16.3. The number of amides is 3. The molecule has 0 saturated carbocycles. The summed E-state index contributed by atoms with van der Waals surface area (Å²) in [7, 11) is 1.27. The van der Waals surface area contributed by atoms with Crippen molar-refractivity contribution in [3.8, 4) is 0 Å². The van der Waals surface area contributed by atoms with Gasteiger partial charge < -0.3 is 4.90 Å². The van der Waals surface area contributed by atoms with Gasteiger partial charge in [-0.3, -0.25) is 9.63 Å². The number of fused-ring (bicyclic) bond motifs is 1. The summed E-state index contributed by atoms with van der Waals surface area (Å²) in [5.41, 5.74) is 0. The first-order valence-corrected chi connectivity index (χ1v) is 7.19. The molecular formula is C17H22N2O3. The van der Waals surface area contributed by atoms with Gasteiger partial charge in [-0.25, -0.2) is 4.79 Å². The third kappa shape index (κ3) is 4.86. The van der Waals surface area contributed by atoms with Gasteiger partial charge >= 0.3 is 6.03 Å². The Labute approximate surface area is 131 Å².